The number of nitrogens with one attached hydrogen (secondary N) is 2. The van der Waals surface area contributed by atoms with Crippen LogP contribution in [0, 0.1) is 13.8 Å². The van der Waals surface area contributed by atoms with Crippen LogP contribution in [0.4, 0.5) is 10.6 Å². The fraction of sp³-hybridized carbons (Fsp3) is 0.611. The normalized spacial score (nSPS) is 15.3. The van der Waals surface area contributed by atoms with Crippen LogP contribution in [0.3, 0.4) is 0 Å². The van der Waals surface area contributed by atoms with Crippen LogP contribution in [-0.2, 0) is 13.0 Å². The van der Waals surface area contributed by atoms with E-state index in [0.29, 0.717) is 12.6 Å². The van der Waals surface area contributed by atoms with Crippen LogP contribution in [0.2, 0.25) is 0 Å². The average molecular weight is 362 g/mol. The zero-order valence-corrected chi connectivity index (χ0v) is 16.1. The van der Waals surface area contributed by atoms with Crippen LogP contribution in [0.5, 0.6) is 0 Å². The molecule has 0 spiro atoms. The first-order valence-electron chi connectivity index (χ1n) is 9.13. The van der Waals surface area contributed by atoms with Crippen molar-refractivity contribution >= 4 is 23.2 Å². The van der Waals surface area contributed by atoms with Gasteiger partial charge in [0.05, 0.1) is 29.0 Å². The van der Waals surface area contributed by atoms with Gasteiger partial charge in [-0.1, -0.05) is 26.2 Å². The lowest BCUT2D eigenvalue weighted by molar-refractivity contribution is 0.251. The van der Waals surface area contributed by atoms with Gasteiger partial charge in [0.25, 0.3) is 0 Å². The Labute approximate surface area is 153 Å². The predicted molar refractivity (Wildman–Crippen MR) is 101 cm³/mol. The molecule has 2 aromatic rings. The zero-order chi connectivity index (χ0) is 17.8. The summed E-state index contributed by atoms with van der Waals surface area (Å²) in [5.41, 5.74) is 2.01. The van der Waals surface area contributed by atoms with Crippen LogP contribution in [0.25, 0.3) is 0 Å². The fourth-order valence-electron chi connectivity index (χ4n) is 3.46. The lowest BCUT2D eigenvalue weighted by Gasteiger charge is -2.24. The summed E-state index contributed by atoms with van der Waals surface area (Å²) in [6, 6.07) is 2.15. The van der Waals surface area contributed by atoms with E-state index in [4.69, 9.17) is 0 Å². The minimum absolute atomic E-state index is 0.190. The van der Waals surface area contributed by atoms with Gasteiger partial charge in [-0.2, -0.15) is 5.10 Å². The van der Waals surface area contributed by atoms with E-state index in [1.165, 1.54) is 19.3 Å². The van der Waals surface area contributed by atoms with Gasteiger partial charge >= 0.3 is 6.03 Å². The molecular formula is C18H27N5OS. The molecule has 0 aliphatic heterocycles. The van der Waals surface area contributed by atoms with Crippen LogP contribution >= 0.6 is 11.3 Å². The van der Waals surface area contributed by atoms with Crippen molar-refractivity contribution in [1.82, 2.24) is 20.1 Å². The van der Waals surface area contributed by atoms with Gasteiger partial charge < -0.3 is 5.32 Å². The quantitative estimate of drug-likeness (QED) is 0.832. The summed E-state index contributed by atoms with van der Waals surface area (Å²) < 4.78 is 2.00. The van der Waals surface area contributed by atoms with E-state index in [1.54, 1.807) is 11.3 Å². The molecule has 1 aliphatic carbocycles. The number of rotatable bonds is 5. The number of thiazole rings is 1. The van der Waals surface area contributed by atoms with Crippen LogP contribution in [0.15, 0.2) is 6.07 Å². The van der Waals surface area contributed by atoms with E-state index in [-0.39, 0.29) is 6.03 Å². The molecule has 0 saturated heterocycles. The van der Waals surface area contributed by atoms with Gasteiger partial charge in [0.1, 0.15) is 5.82 Å². The second-order valence-electron chi connectivity index (χ2n) is 6.67. The molecule has 1 saturated carbocycles. The van der Waals surface area contributed by atoms with E-state index >= 15 is 0 Å². The summed E-state index contributed by atoms with van der Waals surface area (Å²) in [6.07, 6.45) is 6.93. The van der Waals surface area contributed by atoms with Crippen LogP contribution in [-0.4, -0.2) is 20.8 Å². The first-order chi connectivity index (χ1) is 12.1. The third kappa shape index (κ3) is 4.39. The maximum atomic E-state index is 12.4. The largest absolute Gasteiger partial charge is 0.333 e. The molecule has 0 bridgehead atoms. The van der Waals surface area contributed by atoms with Gasteiger partial charge in [-0.15, -0.1) is 11.3 Å². The van der Waals surface area contributed by atoms with Gasteiger partial charge in [-0.3, -0.25) is 5.32 Å². The molecule has 0 radical (unpaired) electrons. The van der Waals surface area contributed by atoms with Crippen molar-refractivity contribution in [2.75, 3.05) is 5.32 Å². The molecule has 2 amide bonds. The van der Waals surface area contributed by atoms with Gasteiger partial charge in [0.2, 0.25) is 0 Å². The molecule has 25 heavy (non-hydrogen) atoms. The highest BCUT2D eigenvalue weighted by Crippen LogP contribution is 2.30. The number of aryl methyl sites for hydroxylation is 3. The summed E-state index contributed by atoms with van der Waals surface area (Å²) in [5.74, 6) is 0.790. The molecule has 0 unspecified atom stereocenters. The van der Waals surface area contributed by atoms with Gasteiger partial charge in [-0.05, 0) is 33.1 Å². The summed E-state index contributed by atoms with van der Waals surface area (Å²) in [4.78, 5) is 18.0. The van der Waals surface area contributed by atoms with Crippen LogP contribution < -0.4 is 10.6 Å². The summed E-state index contributed by atoms with van der Waals surface area (Å²) in [6.45, 7) is 6.57. The number of aromatic nitrogens is 3. The van der Waals surface area contributed by atoms with E-state index in [2.05, 4.69) is 27.6 Å². The number of carbonyl (C=O) groups excluding carboxylic acids is 1. The third-order valence-corrected chi connectivity index (χ3v) is 5.66. The molecule has 3 rings (SSSR count). The Morgan fingerprint density at radius 2 is 2.08 bits per heavy atom. The maximum Gasteiger partial charge on any atom is 0.320 e. The van der Waals surface area contributed by atoms with Crippen molar-refractivity contribution in [3.05, 3.63) is 27.3 Å². The van der Waals surface area contributed by atoms with Crippen molar-refractivity contribution < 1.29 is 4.79 Å². The zero-order valence-electron chi connectivity index (χ0n) is 15.3. The maximum absolute atomic E-state index is 12.4. The van der Waals surface area contributed by atoms with Crippen molar-refractivity contribution in [3.8, 4) is 0 Å². The molecule has 0 aromatic carbocycles. The standard InChI is InChI=1S/C18H27N5OS/c1-4-15-16(25-13(3)20-15)11-19-18(24)21-17-10-12(2)22-23(17)14-8-6-5-7-9-14/h10,14H,4-9,11H2,1-3H3,(H2,19,21,24). The number of hydrogen-bond acceptors (Lipinski definition) is 4. The first-order valence-corrected chi connectivity index (χ1v) is 9.94. The Balaban J connectivity index is 1.62. The fourth-order valence-corrected chi connectivity index (χ4v) is 4.43. The highest BCUT2D eigenvalue weighted by Gasteiger charge is 2.20. The highest BCUT2D eigenvalue weighted by atomic mass is 32.1. The number of urea groups is 1. The molecule has 2 aromatic heterocycles. The summed E-state index contributed by atoms with van der Waals surface area (Å²) >= 11 is 1.65. The molecule has 6 nitrogen and oxygen atoms in total. The van der Waals surface area contributed by atoms with E-state index in [9.17, 15) is 4.79 Å². The number of anilines is 1. The van der Waals surface area contributed by atoms with Crippen molar-refractivity contribution in [2.24, 2.45) is 0 Å². The monoisotopic (exact) mass is 361 g/mol. The lowest BCUT2D eigenvalue weighted by Crippen LogP contribution is -2.30. The minimum Gasteiger partial charge on any atom is -0.333 e. The molecule has 136 valence electrons. The second-order valence-corrected chi connectivity index (χ2v) is 7.96. The van der Waals surface area contributed by atoms with Crippen LogP contribution in [0.1, 0.15) is 66.3 Å². The third-order valence-electron chi connectivity index (χ3n) is 4.65. The lowest BCUT2D eigenvalue weighted by atomic mass is 9.96. The summed E-state index contributed by atoms with van der Waals surface area (Å²) in [5, 5.41) is 11.6. The molecule has 2 N–H and O–H groups in total. The van der Waals surface area contributed by atoms with E-state index < -0.39 is 0 Å². The Morgan fingerprint density at radius 3 is 2.80 bits per heavy atom. The number of nitrogens with zero attached hydrogens (tertiary/aromatic N) is 3. The van der Waals surface area contributed by atoms with Crippen molar-refractivity contribution in [1.29, 1.82) is 0 Å². The predicted octanol–water partition coefficient (Wildman–Crippen LogP) is 4.35. The molecule has 1 aliphatic rings. The SMILES string of the molecule is CCc1nc(C)sc1CNC(=O)Nc1cc(C)nn1C1CCCCC1. The Hall–Kier alpha value is -1.89. The summed E-state index contributed by atoms with van der Waals surface area (Å²) in [7, 11) is 0. The van der Waals surface area contributed by atoms with Crippen molar-refractivity contribution in [3.63, 3.8) is 0 Å². The van der Waals surface area contributed by atoms with Gasteiger partial charge in [0, 0.05) is 10.9 Å². The molecular weight excluding hydrogens is 334 g/mol. The molecule has 2 heterocycles. The number of amides is 2. The average Bonchev–Trinajstić information content (AvgIpc) is 3.15. The van der Waals surface area contributed by atoms with E-state index in [0.717, 1.165) is 46.4 Å². The Morgan fingerprint density at radius 1 is 1.32 bits per heavy atom. The second kappa shape index (κ2) is 7.99. The van der Waals surface area contributed by atoms with E-state index in [1.807, 2.05) is 24.6 Å². The Bertz CT molecular complexity index is 730. The smallest absolute Gasteiger partial charge is 0.320 e. The highest BCUT2D eigenvalue weighted by molar-refractivity contribution is 7.11. The number of hydrogen-bond donors (Lipinski definition) is 2. The van der Waals surface area contributed by atoms with Gasteiger partial charge in [0.15, 0.2) is 0 Å². The van der Waals surface area contributed by atoms with Gasteiger partial charge in [-0.25, -0.2) is 14.5 Å². The Kier molecular flexibility index (Phi) is 5.73. The first kappa shape index (κ1) is 17.9. The van der Waals surface area contributed by atoms with Crippen molar-refractivity contribution in [2.45, 2.75) is 71.9 Å². The topological polar surface area (TPSA) is 71.8 Å². The molecule has 1 fully saturated rings. The molecule has 0 atom stereocenters. The number of carbonyl (C=O) groups is 1. The minimum atomic E-state index is -0.190. The molecule has 7 heteroatoms.